The molecule has 3 rings (SSSR count). The predicted molar refractivity (Wildman–Crippen MR) is 104 cm³/mol. The summed E-state index contributed by atoms with van der Waals surface area (Å²) in [7, 11) is 1.62. The Balaban J connectivity index is 0.000000273. The van der Waals surface area contributed by atoms with Gasteiger partial charge in [0.05, 0.1) is 0 Å². The Bertz CT molecular complexity index is 628. The summed E-state index contributed by atoms with van der Waals surface area (Å²) in [5, 5.41) is 8.03. The molecule has 1 aliphatic heterocycles. The maximum Gasteiger partial charge on any atom is 0.317 e. The average Bonchev–Trinajstić information content (AvgIpc) is 3.51. The lowest BCUT2D eigenvalue weighted by atomic mass is 10.1. The van der Waals surface area contributed by atoms with Crippen molar-refractivity contribution in [3.05, 3.63) is 35.1 Å². The second-order valence-electron chi connectivity index (χ2n) is 6.98. The van der Waals surface area contributed by atoms with Gasteiger partial charge >= 0.3 is 12.1 Å². The fourth-order valence-electron chi connectivity index (χ4n) is 2.82. The molecule has 1 saturated carbocycles. The molecule has 1 heterocycles. The molecule has 1 aromatic carbocycles. The molecule has 2 aliphatic rings. The highest BCUT2D eigenvalue weighted by atomic mass is 19.1. The van der Waals surface area contributed by atoms with Crippen LogP contribution in [0.3, 0.4) is 0 Å². The summed E-state index contributed by atoms with van der Waals surface area (Å²) in [5.74, 6) is -0.238. The van der Waals surface area contributed by atoms with Gasteiger partial charge in [-0.2, -0.15) is 0 Å². The molecule has 0 bridgehead atoms. The summed E-state index contributed by atoms with van der Waals surface area (Å²) < 4.78 is 13.8. The molecule has 1 saturated heterocycles. The first-order valence-electron chi connectivity index (χ1n) is 9.81. The van der Waals surface area contributed by atoms with E-state index in [2.05, 4.69) is 16.0 Å². The van der Waals surface area contributed by atoms with Crippen LogP contribution in [0, 0.1) is 5.82 Å². The highest BCUT2D eigenvalue weighted by Crippen LogP contribution is 2.18. The van der Waals surface area contributed by atoms with E-state index in [0.717, 1.165) is 50.8 Å². The Kier molecular flexibility index (Phi) is 8.36. The van der Waals surface area contributed by atoms with Crippen LogP contribution in [0.2, 0.25) is 0 Å². The minimum absolute atomic E-state index is 0.0625. The van der Waals surface area contributed by atoms with Gasteiger partial charge in [-0.1, -0.05) is 19.1 Å². The van der Waals surface area contributed by atoms with E-state index in [-0.39, 0.29) is 24.4 Å². The summed E-state index contributed by atoms with van der Waals surface area (Å²) in [5.41, 5.74) is 1.52. The maximum atomic E-state index is 13.8. The van der Waals surface area contributed by atoms with E-state index in [1.54, 1.807) is 19.2 Å². The predicted octanol–water partition coefficient (Wildman–Crippen LogP) is 3.16. The standard InChI is InChI=1S/C15H21FN2O.C5H10N2O/c1-2-12-6-7-13(14(16)10-12)11-17-15(19)18-8-4-3-5-9-18;1-6-5(8)7-4-2-3-4/h6-7,10H,2-5,8-9,11H2,1H3,(H,17,19);4H,2-3H2,1H3,(H2,6,7,8). The number of benzene rings is 1. The molecular formula is C20H31FN4O2. The van der Waals surface area contributed by atoms with Gasteiger partial charge in [0.25, 0.3) is 0 Å². The van der Waals surface area contributed by atoms with Crippen molar-refractivity contribution in [3.8, 4) is 0 Å². The highest BCUT2D eigenvalue weighted by Gasteiger charge is 2.22. The van der Waals surface area contributed by atoms with Gasteiger partial charge in [0.1, 0.15) is 5.82 Å². The van der Waals surface area contributed by atoms with Gasteiger partial charge in [0.15, 0.2) is 0 Å². The average molecular weight is 378 g/mol. The topological polar surface area (TPSA) is 73.5 Å². The van der Waals surface area contributed by atoms with Gasteiger partial charge in [-0.05, 0) is 50.2 Å². The van der Waals surface area contributed by atoms with Crippen LogP contribution in [0.5, 0.6) is 0 Å². The fourth-order valence-corrected chi connectivity index (χ4v) is 2.82. The Morgan fingerprint density at radius 3 is 2.44 bits per heavy atom. The second kappa shape index (κ2) is 10.7. The molecule has 150 valence electrons. The van der Waals surface area contributed by atoms with Gasteiger partial charge in [0, 0.05) is 38.3 Å². The maximum absolute atomic E-state index is 13.8. The van der Waals surface area contributed by atoms with Crippen molar-refractivity contribution in [2.75, 3.05) is 20.1 Å². The lowest BCUT2D eigenvalue weighted by molar-refractivity contribution is 0.186. The van der Waals surface area contributed by atoms with Crippen LogP contribution in [0.15, 0.2) is 18.2 Å². The zero-order chi connectivity index (χ0) is 19.6. The molecule has 4 amide bonds. The highest BCUT2D eigenvalue weighted by molar-refractivity contribution is 5.74. The Morgan fingerprint density at radius 1 is 1.19 bits per heavy atom. The third kappa shape index (κ3) is 7.45. The Hall–Kier alpha value is -2.31. The van der Waals surface area contributed by atoms with Crippen molar-refractivity contribution in [1.29, 1.82) is 0 Å². The van der Waals surface area contributed by atoms with Gasteiger partial charge < -0.3 is 20.9 Å². The van der Waals surface area contributed by atoms with Crippen LogP contribution < -0.4 is 16.0 Å². The Morgan fingerprint density at radius 2 is 1.89 bits per heavy atom. The SMILES string of the molecule is CCc1ccc(CNC(=O)N2CCCCC2)c(F)c1.CNC(=O)NC1CC1. The zero-order valence-corrected chi connectivity index (χ0v) is 16.3. The van der Waals surface area contributed by atoms with Gasteiger partial charge in [-0.3, -0.25) is 0 Å². The first kappa shape index (κ1) is 21.0. The molecule has 1 aromatic rings. The number of hydrogen-bond acceptors (Lipinski definition) is 2. The molecule has 7 heteroatoms. The first-order chi connectivity index (χ1) is 13.0. The van der Waals surface area contributed by atoms with Crippen molar-refractivity contribution in [3.63, 3.8) is 0 Å². The quantitative estimate of drug-likeness (QED) is 0.753. The molecule has 6 nitrogen and oxygen atoms in total. The van der Waals surface area contributed by atoms with E-state index in [4.69, 9.17) is 0 Å². The number of nitrogens with one attached hydrogen (secondary N) is 3. The number of carbonyl (C=O) groups is 2. The van der Waals surface area contributed by atoms with Crippen LogP contribution in [0.1, 0.15) is 50.2 Å². The van der Waals surface area contributed by atoms with Crippen molar-refractivity contribution in [1.82, 2.24) is 20.9 Å². The van der Waals surface area contributed by atoms with E-state index in [0.29, 0.717) is 11.6 Å². The third-order valence-electron chi connectivity index (χ3n) is 4.74. The van der Waals surface area contributed by atoms with Crippen LogP contribution >= 0.6 is 0 Å². The smallest absolute Gasteiger partial charge is 0.317 e. The molecule has 0 aromatic heterocycles. The lowest BCUT2D eigenvalue weighted by Gasteiger charge is -2.26. The number of piperidine rings is 1. The third-order valence-corrected chi connectivity index (χ3v) is 4.74. The molecule has 2 fully saturated rings. The number of rotatable bonds is 4. The number of aryl methyl sites for hydroxylation is 1. The summed E-state index contributed by atoms with van der Waals surface area (Å²) in [6.07, 6.45) is 6.43. The van der Waals surface area contributed by atoms with Crippen LogP contribution in [-0.2, 0) is 13.0 Å². The van der Waals surface area contributed by atoms with Crippen LogP contribution in [0.4, 0.5) is 14.0 Å². The number of urea groups is 2. The summed E-state index contributed by atoms with van der Waals surface area (Å²) in [6, 6.07) is 5.53. The molecule has 0 radical (unpaired) electrons. The van der Waals surface area contributed by atoms with Crippen LogP contribution in [0.25, 0.3) is 0 Å². The number of amides is 4. The second-order valence-corrected chi connectivity index (χ2v) is 6.98. The summed E-state index contributed by atoms with van der Waals surface area (Å²) >= 11 is 0. The van der Waals surface area contributed by atoms with Gasteiger partial charge in [-0.15, -0.1) is 0 Å². The van der Waals surface area contributed by atoms with E-state index in [1.165, 1.54) is 6.42 Å². The van der Waals surface area contributed by atoms with Crippen molar-refractivity contribution in [2.24, 2.45) is 0 Å². The normalized spacial score (nSPS) is 16.0. The van der Waals surface area contributed by atoms with Gasteiger partial charge in [0.2, 0.25) is 0 Å². The molecule has 0 atom stereocenters. The van der Waals surface area contributed by atoms with E-state index in [9.17, 15) is 14.0 Å². The molecule has 3 N–H and O–H groups in total. The van der Waals surface area contributed by atoms with Gasteiger partial charge in [-0.25, -0.2) is 14.0 Å². The summed E-state index contributed by atoms with van der Waals surface area (Å²) in [4.78, 5) is 24.1. The monoisotopic (exact) mass is 378 g/mol. The van der Waals surface area contributed by atoms with E-state index < -0.39 is 0 Å². The van der Waals surface area contributed by atoms with Crippen molar-refractivity contribution >= 4 is 12.1 Å². The lowest BCUT2D eigenvalue weighted by Crippen LogP contribution is -2.42. The zero-order valence-electron chi connectivity index (χ0n) is 16.3. The molecule has 1 aliphatic carbocycles. The van der Waals surface area contributed by atoms with Crippen LogP contribution in [-0.4, -0.2) is 43.1 Å². The Labute approximate surface area is 160 Å². The van der Waals surface area contributed by atoms with E-state index >= 15 is 0 Å². The fraction of sp³-hybridized carbons (Fsp3) is 0.600. The first-order valence-corrected chi connectivity index (χ1v) is 9.81. The number of nitrogens with zero attached hydrogens (tertiary/aromatic N) is 1. The van der Waals surface area contributed by atoms with E-state index in [1.807, 2.05) is 17.9 Å². The number of likely N-dealkylation sites (tertiary alicyclic amines) is 1. The minimum atomic E-state index is -0.238. The number of hydrogen-bond donors (Lipinski definition) is 3. The summed E-state index contributed by atoms with van der Waals surface area (Å²) in [6.45, 7) is 3.86. The molecule has 27 heavy (non-hydrogen) atoms. The molecular weight excluding hydrogens is 347 g/mol. The number of carbonyl (C=O) groups excluding carboxylic acids is 2. The van der Waals surface area contributed by atoms with Crippen molar-refractivity contribution in [2.45, 2.75) is 58.0 Å². The molecule has 0 unspecified atom stereocenters. The number of halogens is 1. The van der Waals surface area contributed by atoms with Crippen molar-refractivity contribution < 1.29 is 14.0 Å². The minimum Gasteiger partial charge on any atom is -0.341 e. The largest absolute Gasteiger partial charge is 0.341 e. The molecule has 0 spiro atoms.